The van der Waals surface area contributed by atoms with Crippen molar-refractivity contribution in [1.82, 2.24) is 5.32 Å². The van der Waals surface area contributed by atoms with Crippen LogP contribution in [0.4, 0.5) is 11.4 Å². The van der Waals surface area contributed by atoms with Crippen LogP contribution in [0.25, 0.3) is 0 Å². The molecule has 2 N–H and O–H groups in total. The number of thiocarbonyl (C=S) groups is 1. The number of amides is 1. The Balaban J connectivity index is 1.64. The first-order valence-corrected chi connectivity index (χ1v) is 12.8. The van der Waals surface area contributed by atoms with Gasteiger partial charge in [-0.25, -0.2) is 0 Å². The molecular weight excluding hydrogens is 550 g/mol. The summed E-state index contributed by atoms with van der Waals surface area (Å²) in [4.78, 5) is 15.7. The Labute approximate surface area is 222 Å². The predicted octanol–water partition coefficient (Wildman–Crippen LogP) is 6.30. The molecule has 3 aromatic rings. The summed E-state index contributed by atoms with van der Waals surface area (Å²) in [6, 6.07) is 20.0. The Morgan fingerprint density at radius 3 is 2.69 bits per heavy atom. The first kappa shape index (κ1) is 23.9. The van der Waals surface area contributed by atoms with Crippen LogP contribution in [0.5, 0.6) is 11.5 Å². The third-order valence-electron chi connectivity index (χ3n) is 6.25. The number of nitrogens with one attached hydrogen (secondary N) is 2. The van der Waals surface area contributed by atoms with Gasteiger partial charge < -0.3 is 20.1 Å². The Morgan fingerprint density at radius 1 is 1.23 bits per heavy atom. The van der Waals surface area contributed by atoms with Crippen molar-refractivity contribution in [3.05, 3.63) is 81.8 Å². The van der Waals surface area contributed by atoms with E-state index in [1.165, 1.54) is 0 Å². The molecule has 1 amide bonds. The topological polar surface area (TPSA) is 62.8 Å². The molecule has 0 saturated carbocycles. The zero-order valence-electron chi connectivity index (χ0n) is 19.0. The molecule has 0 radical (unpaired) electrons. The molecule has 1 saturated heterocycles. The smallest absolute Gasteiger partial charge is 0.236 e. The highest BCUT2D eigenvalue weighted by molar-refractivity contribution is 9.10. The van der Waals surface area contributed by atoms with Crippen molar-refractivity contribution in [2.75, 3.05) is 16.8 Å². The zero-order valence-corrected chi connectivity index (χ0v) is 22.2. The molecule has 3 aromatic carbocycles. The van der Waals surface area contributed by atoms with E-state index in [1.54, 1.807) is 24.3 Å². The van der Waals surface area contributed by atoms with Gasteiger partial charge in [-0.3, -0.25) is 9.69 Å². The third-order valence-corrected chi connectivity index (χ3v) is 7.30. The third kappa shape index (κ3) is 4.24. The average molecular weight is 573 g/mol. The number of carbonyl (C=O) groups is 1. The number of para-hydroxylation sites is 1. The van der Waals surface area contributed by atoms with Gasteiger partial charge in [0.25, 0.3) is 0 Å². The summed E-state index contributed by atoms with van der Waals surface area (Å²) in [7, 11) is 0. The van der Waals surface area contributed by atoms with Crippen LogP contribution in [0, 0.1) is 5.92 Å². The molecule has 2 heterocycles. The van der Waals surface area contributed by atoms with Crippen molar-refractivity contribution in [1.29, 1.82) is 0 Å². The predicted molar refractivity (Wildman–Crippen MR) is 145 cm³/mol. The number of benzene rings is 3. The van der Waals surface area contributed by atoms with Crippen molar-refractivity contribution in [2.24, 2.45) is 5.92 Å². The van der Waals surface area contributed by atoms with Gasteiger partial charge >= 0.3 is 0 Å². The van der Waals surface area contributed by atoms with Crippen LogP contribution in [-0.2, 0) is 4.79 Å². The second-order valence-electron chi connectivity index (χ2n) is 8.48. The van der Waals surface area contributed by atoms with Crippen LogP contribution in [0.1, 0.15) is 25.5 Å². The lowest BCUT2D eigenvalue weighted by Crippen LogP contribution is -2.72. The zero-order chi connectivity index (χ0) is 24.7. The van der Waals surface area contributed by atoms with Gasteiger partial charge in [0, 0.05) is 26.4 Å². The number of carbonyl (C=O) groups excluding carboxylic acids is 1. The van der Waals surface area contributed by atoms with Crippen LogP contribution < -0.4 is 25.0 Å². The van der Waals surface area contributed by atoms with Crippen molar-refractivity contribution in [2.45, 2.75) is 25.6 Å². The monoisotopic (exact) mass is 571 g/mol. The maximum absolute atomic E-state index is 13.9. The quantitative estimate of drug-likeness (QED) is 0.350. The standard InChI is InChI=1S/C26H23BrClN3O3S/c1-3-33-20-9-5-8-19-22-21(24(32)29-17-12-10-16(28)11-13-17)26(2,34-23(19)20)31(25(35)30-22)18-7-4-6-15(27)14-18/h4-14,21-22H,3H2,1-2H3,(H,29,32)(H,30,35)/t21-,22-,26-/m0/s1. The maximum Gasteiger partial charge on any atom is 0.236 e. The number of halogens is 2. The normalized spacial score (nSPS) is 22.5. The van der Waals surface area contributed by atoms with Crippen LogP contribution in [-0.4, -0.2) is 23.4 Å². The molecule has 0 aliphatic carbocycles. The number of hydrogen-bond donors (Lipinski definition) is 2. The number of anilines is 2. The summed E-state index contributed by atoms with van der Waals surface area (Å²) >= 11 is 15.4. The molecule has 5 rings (SSSR count). The van der Waals surface area contributed by atoms with E-state index in [-0.39, 0.29) is 5.91 Å². The van der Waals surface area contributed by atoms with E-state index in [4.69, 9.17) is 33.3 Å². The first-order chi connectivity index (χ1) is 16.8. The average Bonchev–Trinajstić information content (AvgIpc) is 2.81. The second kappa shape index (κ2) is 9.33. The summed E-state index contributed by atoms with van der Waals surface area (Å²) in [6.45, 7) is 4.31. The number of hydrogen-bond acceptors (Lipinski definition) is 4. The molecular formula is C26H23BrClN3O3S. The summed E-state index contributed by atoms with van der Waals surface area (Å²) in [5, 5.41) is 7.52. The van der Waals surface area contributed by atoms with Gasteiger partial charge in [-0.05, 0) is 74.6 Å². The minimum atomic E-state index is -1.15. The first-order valence-electron chi connectivity index (χ1n) is 11.2. The molecule has 3 atom stereocenters. The molecule has 2 aliphatic rings. The van der Waals surface area contributed by atoms with Crippen molar-refractivity contribution in [3.8, 4) is 11.5 Å². The van der Waals surface area contributed by atoms with E-state index in [1.807, 2.05) is 61.2 Å². The summed E-state index contributed by atoms with van der Waals surface area (Å²) < 4.78 is 13.5. The van der Waals surface area contributed by atoms with Crippen molar-refractivity contribution >= 4 is 62.1 Å². The molecule has 1 fully saturated rings. The summed E-state index contributed by atoms with van der Waals surface area (Å²) in [6.07, 6.45) is 0. The second-order valence-corrected chi connectivity index (χ2v) is 10.2. The fourth-order valence-electron chi connectivity index (χ4n) is 4.80. The van der Waals surface area contributed by atoms with Crippen LogP contribution in [0.2, 0.25) is 5.02 Å². The number of rotatable bonds is 5. The maximum atomic E-state index is 13.9. The van der Waals surface area contributed by atoms with Crippen LogP contribution in [0.15, 0.2) is 71.2 Å². The Hall–Kier alpha value is -2.81. The lowest BCUT2D eigenvalue weighted by Gasteiger charge is -2.56. The molecule has 35 heavy (non-hydrogen) atoms. The van der Waals surface area contributed by atoms with E-state index >= 15 is 0 Å². The lowest BCUT2D eigenvalue weighted by atomic mass is 9.78. The van der Waals surface area contributed by atoms with Gasteiger partial charge in [0.15, 0.2) is 22.3 Å². The molecule has 0 aromatic heterocycles. The Kier molecular flexibility index (Phi) is 6.38. The van der Waals surface area contributed by atoms with Crippen LogP contribution >= 0.6 is 39.7 Å². The molecule has 2 bridgehead atoms. The molecule has 9 heteroatoms. The fraction of sp³-hybridized carbons (Fsp3) is 0.231. The minimum absolute atomic E-state index is 0.206. The largest absolute Gasteiger partial charge is 0.490 e. The van der Waals surface area contributed by atoms with Gasteiger partial charge in [0.2, 0.25) is 5.91 Å². The van der Waals surface area contributed by atoms with Gasteiger partial charge in [-0.1, -0.05) is 45.7 Å². The number of fused-ring (bicyclic) bond motifs is 4. The van der Waals surface area contributed by atoms with E-state index in [0.717, 1.165) is 15.7 Å². The Morgan fingerprint density at radius 2 is 1.97 bits per heavy atom. The highest BCUT2D eigenvalue weighted by atomic mass is 79.9. The molecule has 0 unspecified atom stereocenters. The number of nitrogens with zero attached hydrogens (tertiary/aromatic N) is 1. The van der Waals surface area contributed by atoms with Gasteiger partial charge in [0.05, 0.1) is 12.6 Å². The molecule has 180 valence electrons. The lowest BCUT2D eigenvalue weighted by molar-refractivity contribution is -0.130. The van der Waals surface area contributed by atoms with Gasteiger partial charge in [-0.15, -0.1) is 0 Å². The van der Waals surface area contributed by atoms with Gasteiger partial charge in [-0.2, -0.15) is 0 Å². The fourth-order valence-corrected chi connectivity index (χ4v) is 5.72. The summed E-state index contributed by atoms with van der Waals surface area (Å²) in [5.74, 6) is 0.365. The summed E-state index contributed by atoms with van der Waals surface area (Å²) in [5.41, 5.74) is 1.11. The van der Waals surface area contributed by atoms with Crippen LogP contribution in [0.3, 0.4) is 0 Å². The van der Waals surface area contributed by atoms with E-state index < -0.39 is 17.7 Å². The minimum Gasteiger partial charge on any atom is -0.490 e. The molecule has 2 aliphatic heterocycles. The molecule has 0 spiro atoms. The SMILES string of the molecule is CCOc1cccc2c1O[C@@]1(C)[C@H](C(=O)Nc3ccc(Cl)cc3)[C@H]2NC(=S)N1c1cccc(Br)c1. The van der Waals surface area contributed by atoms with Crippen molar-refractivity contribution in [3.63, 3.8) is 0 Å². The van der Waals surface area contributed by atoms with Crippen molar-refractivity contribution < 1.29 is 14.3 Å². The number of ether oxygens (including phenoxy) is 2. The molecule has 6 nitrogen and oxygen atoms in total. The highest BCUT2D eigenvalue weighted by Gasteiger charge is 2.59. The van der Waals surface area contributed by atoms with E-state index in [2.05, 4.69) is 26.6 Å². The van der Waals surface area contributed by atoms with E-state index in [9.17, 15) is 4.79 Å². The van der Waals surface area contributed by atoms with E-state index in [0.29, 0.717) is 33.9 Å². The Bertz CT molecular complexity index is 1310. The highest BCUT2D eigenvalue weighted by Crippen LogP contribution is 2.52. The van der Waals surface area contributed by atoms with Gasteiger partial charge in [0.1, 0.15) is 5.92 Å².